The van der Waals surface area contributed by atoms with E-state index in [4.69, 9.17) is 4.74 Å². The van der Waals surface area contributed by atoms with Gasteiger partial charge in [0.2, 0.25) is 5.91 Å². The molecule has 8 heteroatoms. The number of nitrogens with zero attached hydrogens (tertiary/aromatic N) is 1. The van der Waals surface area contributed by atoms with Crippen molar-refractivity contribution in [3.05, 3.63) is 60.0 Å². The molecule has 0 bridgehead atoms. The van der Waals surface area contributed by atoms with E-state index in [2.05, 4.69) is 10.3 Å². The van der Waals surface area contributed by atoms with Gasteiger partial charge < -0.3 is 19.9 Å². The molecular formula is C21H18FN3O4. The molecule has 1 saturated heterocycles. The number of ketones is 1. The first-order valence-electron chi connectivity index (χ1n) is 9.05. The van der Waals surface area contributed by atoms with E-state index >= 15 is 0 Å². The van der Waals surface area contributed by atoms with Crippen LogP contribution in [0, 0.1) is 5.82 Å². The molecule has 1 aromatic heterocycles. The predicted molar refractivity (Wildman–Crippen MR) is 104 cm³/mol. The highest BCUT2D eigenvalue weighted by Gasteiger charge is 2.35. The Bertz CT molecular complexity index is 1110. The summed E-state index contributed by atoms with van der Waals surface area (Å²) < 4.78 is 18.3. The van der Waals surface area contributed by atoms with Crippen LogP contribution in [-0.4, -0.2) is 42.3 Å². The van der Waals surface area contributed by atoms with Crippen molar-refractivity contribution < 1.29 is 23.5 Å². The fourth-order valence-electron chi connectivity index (χ4n) is 3.45. The molecule has 0 radical (unpaired) electrons. The number of H-pyrrole nitrogens is 1. The van der Waals surface area contributed by atoms with Crippen LogP contribution in [0.15, 0.2) is 48.7 Å². The number of ether oxygens (including phenoxy) is 1. The average molecular weight is 395 g/mol. The van der Waals surface area contributed by atoms with Gasteiger partial charge in [-0.2, -0.15) is 0 Å². The smallest absolute Gasteiger partial charge is 0.293 e. The van der Waals surface area contributed by atoms with Gasteiger partial charge in [-0.3, -0.25) is 14.4 Å². The number of halogens is 1. The highest BCUT2D eigenvalue weighted by atomic mass is 19.1. The fourth-order valence-corrected chi connectivity index (χ4v) is 3.45. The van der Waals surface area contributed by atoms with Crippen LogP contribution in [0.25, 0.3) is 10.9 Å². The number of carbonyl (C=O) groups excluding carboxylic acids is 3. The average Bonchev–Trinajstić information content (AvgIpc) is 3.31. The zero-order chi connectivity index (χ0) is 20.5. The highest BCUT2D eigenvalue weighted by molar-refractivity contribution is 6.45. The molecular weight excluding hydrogens is 377 g/mol. The Morgan fingerprint density at radius 3 is 2.69 bits per heavy atom. The van der Waals surface area contributed by atoms with Gasteiger partial charge in [0.05, 0.1) is 12.7 Å². The molecule has 1 fully saturated rings. The summed E-state index contributed by atoms with van der Waals surface area (Å²) in [5.41, 5.74) is 1.45. The van der Waals surface area contributed by atoms with Gasteiger partial charge in [-0.15, -0.1) is 0 Å². The molecule has 3 aromatic rings. The summed E-state index contributed by atoms with van der Waals surface area (Å²) in [4.78, 5) is 42.2. The van der Waals surface area contributed by atoms with Crippen LogP contribution in [0.4, 0.5) is 10.1 Å². The number of hydrogen-bond donors (Lipinski definition) is 2. The third kappa shape index (κ3) is 3.44. The Morgan fingerprint density at radius 1 is 1.21 bits per heavy atom. The van der Waals surface area contributed by atoms with E-state index in [1.54, 1.807) is 18.2 Å². The second kappa shape index (κ2) is 7.38. The molecule has 1 aliphatic heterocycles. The molecule has 2 aromatic carbocycles. The van der Waals surface area contributed by atoms with Gasteiger partial charge in [-0.1, -0.05) is 0 Å². The van der Waals surface area contributed by atoms with Gasteiger partial charge in [-0.25, -0.2) is 4.39 Å². The van der Waals surface area contributed by atoms with E-state index in [9.17, 15) is 18.8 Å². The summed E-state index contributed by atoms with van der Waals surface area (Å²) in [6, 6.07) is 9.90. The highest BCUT2D eigenvalue weighted by Crippen LogP contribution is 2.25. The molecule has 2 N–H and O–H groups in total. The van der Waals surface area contributed by atoms with Crippen LogP contribution >= 0.6 is 0 Å². The maximum Gasteiger partial charge on any atom is 0.293 e. The number of benzene rings is 2. The van der Waals surface area contributed by atoms with Gasteiger partial charge in [-0.05, 0) is 48.9 Å². The lowest BCUT2D eigenvalue weighted by atomic mass is 10.1. The number of carbonyl (C=O) groups is 3. The molecule has 4 rings (SSSR count). The lowest BCUT2D eigenvalue weighted by molar-refractivity contribution is -0.124. The van der Waals surface area contributed by atoms with Gasteiger partial charge in [0, 0.05) is 29.3 Å². The van der Waals surface area contributed by atoms with E-state index in [-0.39, 0.29) is 11.5 Å². The summed E-state index contributed by atoms with van der Waals surface area (Å²) in [5.74, 6) is -1.76. The van der Waals surface area contributed by atoms with Crippen LogP contribution in [-0.2, 0) is 9.59 Å². The zero-order valence-corrected chi connectivity index (χ0v) is 15.6. The van der Waals surface area contributed by atoms with Gasteiger partial charge in [0.15, 0.2) is 0 Å². The van der Waals surface area contributed by atoms with Crippen molar-refractivity contribution in [1.29, 1.82) is 0 Å². The van der Waals surface area contributed by atoms with E-state index in [1.165, 1.54) is 42.5 Å². The Labute approximate surface area is 165 Å². The number of Topliss-reactive ketones (excluding diaryl/α,β-unsaturated/α-hetero) is 1. The number of methoxy groups -OCH3 is 1. The third-order valence-corrected chi connectivity index (χ3v) is 4.99. The number of nitrogens with one attached hydrogen (secondary N) is 2. The Morgan fingerprint density at radius 2 is 1.97 bits per heavy atom. The zero-order valence-electron chi connectivity index (χ0n) is 15.6. The van der Waals surface area contributed by atoms with Gasteiger partial charge in [0.25, 0.3) is 11.7 Å². The normalized spacial score (nSPS) is 16.3. The monoisotopic (exact) mass is 395 g/mol. The van der Waals surface area contributed by atoms with Crippen molar-refractivity contribution in [2.75, 3.05) is 18.6 Å². The summed E-state index contributed by atoms with van der Waals surface area (Å²) >= 11 is 0. The molecule has 7 nitrogen and oxygen atoms in total. The van der Waals surface area contributed by atoms with Crippen molar-refractivity contribution in [3.63, 3.8) is 0 Å². The van der Waals surface area contributed by atoms with Crippen LogP contribution in [0.3, 0.4) is 0 Å². The minimum atomic E-state index is -0.854. The van der Waals surface area contributed by atoms with E-state index in [1.807, 2.05) is 0 Å². The fraction of sp³-hybridized carbons (Fsp3) is 0.190. The maximum atomic E-state index is 13.1. The van der Waals surface area contributed by atoms with Crippen LogP contribution in [0.2, 0.25) is 0 Å². The first-order valence-corrected chi connectivity index (χ1v) is 9.05. The summed E-state index contributed by atoms with van der Waals surface area (Å²) in [7, 11) is 1.51. The van der Waals surface area contributed by atoms with E-state index in [0.29, 0.717) is 35.3 Å². The molecule has 2 amide bonds. The number of aromatic amines is 1. The van der Waals surface area contributed by atoms with Crippen molar-refractivity contribution >= 4 is 34.2 Å². The molecule has 0 saturated carbocycles. The van der Waals surface area contributed by atoms with Crippen molar-refractivity contribution in [2.24, 2.45) is 0 Å². The molecule has 2 heterocycles. The number of rotatable bonds is 5. The number of fused-ring (bicyclic) bond motifs is 1. The largest absolute Gasteiger partial charge is 0.497 e. The minimum absolute atomic E-state index is 0.206. The summed E-state index contributed by atoms with van der Waals surface area (Å²) in [6.45, 7) is 0.369. The van der Waals surface area contributed by atoms with Gasteiger partial charge in [0.1, 0.15) is 17.6 Å². The first-order chi connectivity index (χ1) is 14.0. The Kier molecular flexibility index (Phi) is 4.75. The van der Waals surface area contributed by atoms with Crippen molar-refractivity contribution in [1.82, 2.24) is 10.3 Å². The third-order valence-electron chi connectivity index (χ3n) is 4.99. The standard InChI is InChI=1S/C21H18FN3O4/c1-29-14-6-7-17-15(10-14)16(11-23-17)19(26)20(27)24-18-8-9-25(21(18)28)13-4-2-12(22)3-5-13/h2-7,10-11,18,23H,8-9H2,1H3,(H,24,27). The van der Waals surface area contributed by atoms with Gasteiger partial charge >= 0.3 is 0 Å². The quantitative estimate of drug-likeness (QED) is 0.513. The van der Waals surface area contributed by atoms with Crippen molar-refractivity contribution in [2.45, 2.75) is 12.5 Å². The molecule has 1 aliphatic rings. The number of aromatic nitrogens is 1. The first kappa shape index (κ1) is 18.7. The van der Waals surface area contributed by atoms with Crippen LogP contribution in [0.1, 0.15) is 16.8 Å². The Hall–Kier alpha value is -3.68. The minimum Gasteiger partial charge on any atom is -0.497 e. The van der Waals surface area contributed by atoms with Crippen molar-refractivity contribution in [3.8, 4) is 5.75 Å². The van der Waals surface area contributed by atoms with E-state index in [0.717, 1.165) is 0 Å². The number of amides is 2. The molecule has 0 spiro atoms. The topological polar surface area (TPSA) is 91.5 Å². The predicted octanol–water partition coefficient (Wildman–Crippen LogP) is 2.42. The Balaban J connectivity index is 1.49. The van der Waals surface area contributed by atoms with E-state index < -0.39 is 23.5 Å². The maximum absolute atomic E-state index is 13.1. The molecule has 148 valence electrons. The SMILES string of the molecule is COc1ccc2[nH]cc(C(=O)C(=O)NC3CCN(c4ccc(F)cc4)C3=O)c2c1. The van der Waals surface area contributed by atoms with Crippen LogP contribution in [0.5, 0.6) is 5.75 Å². The molecule has 1 atom stereocenters. The lowest BCUT2D eigenvalue weighted by Gasteiger charge is -2.17. The lowest BCUT2D eigenvalue weighted by Crippen LogP contribution is -2.44. The second-order valence-corrected chi connectivity index (χ2v) is 6.72. The second-order valence-electron chi connectivity index (χ2n) is 6.72. The summed E-state index contributed by atoms with van der Waals surface area (Å²) in [6.07, 6.45) is 1.82. The molecule has 0 aliphatic carbocycles. The summed E-state index contributed by atoms with van der Waals surface area (Å²) in [5, 5.41) is 3.09. The molecule has 1 unspecified atom stereocenters. The number of hydrogen-bond acceptors (Lipinski definition) is 4. The number of anilines is 1. The molecule has 29 heavy (non-hydrogen) atoms. The van der Waals surface area contributed by atoms with Crippen LogP contribution < -0.4 is 15.0 Å².